The zero-order chi connectivity index (χ0) is 20.0. The fourth-order valence-electron chi connectivity index (χ4n) is 3.39. The fourth-order valence-corrected chi connectivity index (χ4v) is 4.47. The largest absolute Gasteiger partial charge is 0.356 e. The van der Waals surface area contributed by atoms with Gasteiger partial charge >= 0.3 is 0 Å². The molecule has 0 unspecified atom stereocenters. The summed E-state index contributed by atoms with van der Waals surface area (Å²) in [5.74, 6) is -0.551. The molecule has 2 aromatic rings. The maximum Gasteiger partial charge on any atom is 0.240 e. The molecule has 0 radical (unpaired) electrons. The first-order valence-electron chi connectivity index (χ1n) is 9.57. The minimum absolute atomic E-state index is 0.0330. The highest BCUT2D eigenvalue weighted by molar-refractivity contribution is 7.89. The lowest BCUT2D eigenvalue weighted by molar-refractivity contribution is -0.120. The zero-order valence-electron chi connectivity index (χ0n) is 15.7. The lowest BCUT2D eigenvalue weighted by atomic mass is 9.92. The maximum atomic E-state index is 13.1. The number of fused-ring (bicyclic) bond motifs is 1. The monoisotopic (exact) mass is 404 g/mol. The summed E-state index contributed by atoms with van der Waals surface area (Å²) in [4.78, 5) is 12.1. The summed E-state index contributed by atoms with van der Waals surface area (Å²) >= 11 is 0. The van der Waals surface area contributed by atoms with E-state index < -0.39 is 10.0 Å². The van der Waals surface area contributed by atoms with Crippen LogP contribution in [0.25, 0.3) is 0 Å². The normalized spacial score (nSPS) is 13.8. The molecular weight excluding hydrogens is 379 g/mol. The lowest BCUT2D eigenvalue weighted by Crippen LogP contribution is -2.31. The van der Waals surface area contributed by atoms with E-state index in [2.05, 4.69) is 10.0 Å². The first-order chi connectivity index (χ1) is 13.4. The van der Waals surface area contributed by atoms with Gasteiger partial charge in [-0.25, -0.2) is 17.5 Å². The quantitative estimate of drug-likeness (QED) is 0.710. The molecular formula is C21H25FN2O3S. The van der Waals surface area contributed by atoms with E-state index in [0.29, 0.717) is 13.0 Å². The second-order valence-corrected chi connectivity index (χ2v) is 8.78. The Morgan fingerprint density at radius 2 is 1.79 bits per heavy atom. The van der Waals surface area contributed by atoms with Crippen LogP contribution in [0.4, 0.5) is 4.39 Å². The number of nitrogens with one attached hydrogen (secondary N) is 2. The summed E-state index contributed by atoms with van der Waals surface area (Å²) in [6, 6.07) is 11.5. The Hall–Kier alpha value is -2.25. The summed E-state index contributed by atoms with van der Waals surface area (Å²) in [5.41, 5.74) is 3.13. The Morgan fingerprint density at radius 1 is 1.00 bits per heavy atom. The molecule has 0 atom stereocenters. The molecule has 2 N–H and O–H groups in total. The molecule has 1 aliphatic rings. The van der Waals surface area contributed by atoms with Gasteiger partial charge in [0.05, 0.1) is 4.90 Å². The molecule has 7 heteroatoms. The van der Waals surface area contributed by atoms with Gasteiger partial charge in [-0.1, -0.05) is 18.2 Å². The van der Waals surface area contributed by atoms with Crippen LogP contribution in [0.15, 0.2) is 47.4 Å². The van der Waals surface area contributed by atoms with Gasteiger partial charge in [0, 0.05) is 19.5 Å². The molecule has 3 rings (SSSR count). The van der Waals surface area contributed by atoms with Gasteiger partial charge in [0.1, 0.15) is 5.82 Å². The Kier molecular flexibility index (Phi) is 6.80. The van der Waals surface area contributed by atoms with Gasteiger partial charge in [0.15, 0.2) is 0 Å². The highest BCUT2D eigenvalue weighted by Crippen LogP contribution is 2.24. The lowest BCUT2D eigenvalue weighted by Gasteiger charge is -2.16. The van der Waals surface area contributed by atoms with Crippen LogP contribution in [-0.4, -0.2) is 27.4 Å². The average molecular weight is 405 g/mol. The van der Waals surface area contributed by atoms with Crippen molar-refractivity contribution in [1.82, 2.24) is 10.0 Å². The average Bonchev–Trinajstić information content (AvgIpc) is 2.67. The Morgan fingerprint density at radius 3 is 2.57 bits per heavy atom. The van der Waals surface area contributed by atoms with E-state index >= 15 is 0 Å². The molecule has 0 heterocycles. The Labute approximate surface area is 165 Å². The van der Waals surface area contributed by atoms with E-state index in [1.165, 1.54) is 17.7 Å². The van der Waals surface area contributed by atoms with Crippen LogP contribution in [-0.2, 0) is 34.1 Å². The minimum Gasteiger partial charge on any atom is -0.356 e. The number of aryl methyl sites for hydroxylation is 2. The minimum atomic E-state index is -3.63. The smallest absolute Gasteiger partial charge is 0.240 e. The van der Waals surface area contributed by atoms with Gasteiger partial charge in [0.25, 0.3) is 0 Å². The molecule has 0 saturated carbocycles. The number of carbonyl (C=O) groups excluding carboxylic acids is 1. The molecule has 1 amide bonds. The number of halogens is 1. The van der Waals surface area contributed by atoms with Crippen LogP contribution in [0.2, 0.25) is 0 Å². The van der Waals surface area contributed by atoms with Crippen LogP contribution in [0.5, 0.6) is 0 Å². The van der Waals surface area contributed by atoms with Gasteiger partial charge in [-0.05, 0) is 73.1 Å². The third-order valence-electron chi connectivity index (χ3n) is 4.90. The molecule has 2 aromatic carbocycles. The molecule has 1 aliphatic carbocycles. The van der Waals surface area contributed by atoms with Crippen molar-refractivity contribution in [1.29, 1.82) is 0 Å². The third-order valence-corrected chi connectivity index (χ3v) is 6.36. The van der Waals surface area contributed by atoms with E-state index in [0.717, 1.165) is 36.8 Å². The van der Waals surface area contributed by atoms with Crippen LogP contribution in [0, 0.1) is 5.82 Å². The van der Waals surface area contributed by atoms with Crippen LogP contribution in [0.1, 0.15) is 36.0 Å². The van der Waals surface area contributed by atoms with Gasteiger partial charge in [-0.3, -0.25) is 4.79 Å². The molecule has 28 heavy (non-hydrogen) atoms. The molecule has 0 aliphatic heterocycles. The number of hydrogen-bond donors (Lipinski definition) is 2. The van der Waals surface area contributed by atoms with Crippen molar-refractivity contribution in [2.75, 3.05) is 13.1 Å². The van der Waals surface area contributed by atoms with Crippen molar-refractivity contribution in [2.24, 2.45) is 0 Å². The van der Waals surface area contributed by atoms with Crippen molar-refractivity contribution < 1.29 is 17.6 Å². The predicted octanol–water partition coefficient (Wildman–Crippen LogP) is 2.73. The third kappa shape index (κ3) is 5.62. The molecule has 0 bridgehead atoms. The maximum absolute atomic E-state index is 13.1. The highest BCUT2D eigenvalue weighted by Gasteiger charge is 2.17. The number of rotatable bonds is 8. The first kappa shape index (κ1) is 20.5. The van der Waals surface area contributed by atoms with Crippen molar-refractivity contribution in [3.8, 4) is 0 Å². The number of amides is 1. The molecule has 0 fully saturated rings. The second kappa shape index (κ2) is 9.30. The number of benzene rings is 2. The fraction of sp³-hybridized carbons (Fsp3) is 0.381. The highest BCUT2D eigenvalue weighted by atomic mass is 32.2. The predicted molar refractivity (Wildman–Crippen MR) is 106 cm³/mol. The van der Waals surface area contributed by atoms with Crippen molar-refractivity contribution >= 4 is 15.9 Å². The molecule has 5 nitrogen and oxygen atoms in total. The SMILES string of the molecule is O=C(CCNS(=O)(=O)c1ccc2c(c1)CCCC2)NCCc1cccc(F)c1. The van der Waals surface area contributed by atoms with Gasteiger partial charge in [0.2, 0.25) is 15.9 Å². The second-order valence-electron chi connectivity index (χ2n) is 7.02. The van der Waals surface area contributed by atoms with E-state index in [9.17, 15) is 17.6 Å². The van der Waals surface area contributed by atoms with E-state index in [1.54, 1.807) is 24.3 Å². The standard InChI is InChI=1S/C21H25FN2O3S/c22-19-7-3-4-16(14-19)10-12-23-21(25)11-13-24-28(26,27)20-9-8-17-5-1-2-6-18(17)15-20/h3-4,7-9,14-15,24H,1-2,5-6,10-13H2,(H,23,25). The summed E-state index contributed by atoms with van der Waals surface area (Å²) in [6.07, 6.45) is 4.70. The Balaban J connectivity index is 1.44. The zero-order valence-corrected chi connectivity index (χ0v) is 16.5. The number of hydrogen-bond acceptors (Lipinski definition) is 3. The molecule has 150 valence electrons. The van der Waals surface area contributed by atoms with Gasteiger partial charge in [-0.2, -0.15) is 0 Å². The van der Waals surface area contributed by atoms with Crippen molar-refractivity contribution in [2.45, 2.75) is 43.4 Å². The van der Waals surface area contributed by atoms with E-state index in [4.69, 9.17) is 0 Å². The van der Waals surface area contributed by atoms with Crippen LogP contribution in [0.3, 0.4) is 0 Å². The summed E-state index contributed by atoms with van der Waals surface area (Å²) in [5, 5.41) is 2.72. The van der Waals surface area contributed by atoms with Crippen LogP contribution >= 0.6 is 0 Å². The van der Waals surface area contributed by atoms with E-state index in [-0.39, 0.29) is 29.6 Å². The van der Waals surface area contributed by atoms with Gasteiger partial charge < -0.3 is 5.32 Å². The molecule has 0 aromatic heterocycles. The number of sulfonamides is 1. The van der Waals surface area contributed by atoms with Crippen LogP contribution < -0.4 is 10.0 Å². The summed E-state index contributed by atoms with van der Waals surface area (Å²) in [6.45, 7) is 0.408. The van der Waals surface area contributed by atoms with Crippen molar-refractivity contribution in [3.05, 3.63) is 65.0 Å². The van der Waals surface area contributed by atoms with E-state index in [1.807, 2.05) is 6.07 Å². The molecule has 0 spiro atoms. The first-order valence-corrected chi connectivity index (χ1v) is 11.0. The Bertz CT molecular complexity index is 944. The van der Waals surface area contributed by atoms with Gasteiger partial charge in [-0.15, -0.1) is 0 Å². The topological polar surface area (TPSA) is 75.3 Å². The summed E-state index contributed by atoms with van der Waals surface area (Å²) < 4.78 is 40.5. The number of carbonyl (C=O) groups is 1. The van der Waals surface area contributed by atoms with Crippen molar-refractivity contribution in [3.63, 3.8) is 0 Å². The summed E-state index contributed by atoms with van der Waals surface area (Å²) in [7, 11) is -3.63. The molecule has 0 saturated heterocycles.